The zero-order valence-corrected chi connectivity index (χ0v) is 17.5. The number of halogens is 2. The zero-order chi connectivity index (χ0) is 21.4. The molecule has 0 atom stereocenters. The van der Waals surface area contributed by atoms with Gasteiger partial charge in [-0.1, -0.05) is 54.5 Å². The second kappa shape index (κ2) is 8.19. The normalized spacial score (nSPS) is 14.3. The highest BCUT2D eigenvalue weighted by molar-refractivity contribution is 7.22. The summed E-state index contributed by atoms with van der Waals surface area (Å²) in [5.74, 6) is -0.400. The number of thiazole rings is 1. The maximum Gasteiger partial charge on any atom is 0.188 e. The molecule has 0 amide bonds. The molecule has 4 aromatic rings. The molecule has 31 heavy (non-hydrogen) atoms. The monoisotopic (exact) mass is 434 g/mol. The summed E-state index contributed by atoms with van der Waals surface area (Å²) in [4.78, 5) is 16.9. The molecule has 0 spiro atoms. The van der Waals surface area contributed by atoms with Crippen molar-refractivity contribution in [1.82, 2.24) is 4.98 Å². The molecule has 1 N–H and O–H groups in total. The first kappa shape index (κ1) is 19.8. The molecule has 5 rings (SSSR count). The van der Waals surface area contributed by atoms with Gasteiger partial charge in [-0.05, 0) is 48.2 Å². The van der Waals surface area contributed by atoms with Crippen LogP contribution in [0.2, 0.25) is 0 Å². The Morgan fingerprint density at radius 2 is 1.68 bits per heavy atom. The van der Waals surface area contributed by atoms with Crippen LogP contribution in [-0.4, -0.2) is 10.8 Å². The molecule has 6 heteroatoms. The highest BCUT2D eigenvalue weighted by atomic mass is 32.1. The van der Waals surface area contributed by atoms with Crippen LogP contribution in [0.3, 0.4) is 0 Å². The molecular formula is C25H20F2N2OS. The fourth-order valence-electron chi connectivity index (χ4n) is 4.12. The van der Waals surface area contributed by atoms with Crippen LogP contribution in [0, 0.1) is 17.6 Å². The van der Waals surface area contributed by atoms with Gasteiger partial charge in [0.1, 0.15) is 11.6 Å². The number of rotatable bonds is 5. The Morgan fingerprint density at radius 3 is 2.42 bits per heavy atom. The van der Waals surface area contributed by atoms with Gasteiger partial charge in [0.2, 0.25) is 0 Å². The van der Waals surface area contributed by atoms with Gasteiger partial charge in [0.25, 0.3) is 0 Å². The Balaban J connectivity index is 1.34. The Kier molecular flexibility index (Phi) is 5.24. The van der Waals surface area contributed by atoms with Gasteiger partial charge in [-0.2, -0.15) is 0 Å². The maximum atomic E-state index is 14.8. The van der Waals surface area contributed by atoms with Gasteiger partial charge < -0.3 is 5.32 Å². The largest absolute Gasteiger partial charge is 0.329 e. The van der Waals surface area contributed by atoms with Crippen LogP contribution in [-0.2, 0) is 0 Å². The quantitative estimate of drug-likeness (QED) is 0.334. The summed E-state index contributed by atoms with van der Waals surface area (Å²) in [6.45, 7) is 0. The second-order valence-corrected chi connectivity index (χ2v) is 8.90. The standard InChI is InChI=1S/C25H20F2N2OS/c26-19-10-12-23-22(14-19)29-25(31-23)28-21-11-9-18(13-20(21)27)15-5-7-17(8-6-15)24(30)16-3-1-2-4-16/h5-14,16H,1-4H2,(H,28,29). The zero-order valence-electron chi connectivity index (χ0n) is 16.7. The van der Waals surface area contributed by atoms with E-state index in [0.29, 0.717) is 16.3 Å². The maximum absolute atomic E-state index is 14.8. The molecule has 1 aromatic heterocycles. The van der Waals surface area contributed by atoms with Gasteiger partial charge in [0.15, 0.2) is 10.9 Å². The van der Waals surface area contributed by atoms with Gasteiger partial charge in [-0.3, -0.25) is 4.79 Å². The fourth-order valence-corrected chi connectivity index (χ4v) is 4.97. The fraction of sp³-hybridized carbons (Fsp3) is 0.200. The van der Waals surface area contributed by atoms with E-state index in [4.69, 9.17) is 0 Å². The SMILES string of the molecule is O=C(c1ccc(-c2ccc(Nc3nc4cc(F)ccc4s3)c(F)c2)cc1)C1CCCC1. The van der Waals surface area contributed by atoms with Gasteiger partial charge in [-0.15, -0.1) is 0 Å². The van der Waals surface area contributed by atoms with E-state index in [9.17, 15) is 13.6 Å². The molecular weight excluding hydrogens is 414 g/mol. The lowest BCUT2D eigenvalue weighted by Crippen LogP contribution is -2.10. The summed E-state index contributed by atoms with van der Waals surface area (Å²) < 4.78 is 28.9. The summed E-state index contributed by atoms with van der Waals surface area (Å²) in [7, 11) is 0. The van der Waals surface area contributed by atoms with E-state index >= 15 is 0 Å². The minimum Gasteiger partial charge on any atom is -0.329 e. The van der Waals surface area contributed by atoms with E-state index in [1.54, 1.807) is 12.1 Å². The number of benzene rings is 3. The number of anilines is 2. The topological polar surface area (TPSA) is 42.0 Å². The molecule has 0 aliphatic heterocycles. The minimum atomic E-state index is -0.408. The van der Waals surface area contributed by atoms with Crippen LogP contribution in [0.25, 0.3) is 21.3 Å². The highest BCUT2D eigenvalue weighted by Gasteiger charge is 2.23. The lowest BCUT2D eigenvalue weighted by molar-refractivity contribution is 0.0923. The molecule has 0 unspecified atom stereocenters. The van der Waals surface area contributed by atoms with Crippen LogP contribution in [0.4, 0.5) is 19.6 Å². The number of nitrogens with zero attached hydrogens (tertiary/aromatic N) is 1. The first-order valence-corrected chi connectivity index (χ1v) is 11.2. The first-order chi connectivity index (χ1) is 15.1. The van der Waals surface area contributed by atoms with Crippen molar-refractivity contribution in [3.8, 4) is 11.1 Å². The molecule has 1 aliphatic rings. The van der Waals surface area contributed by atoms with E-state index in [2.05, 4.69) is 10.3 Å². The summed E-state index contributed by atoms with van der Waals surface area (Å²) in [5.41, 5.74) is 3.15. The number of hydrogen-bond donors (Lipinski definition) is 1. The van der Waals surface area contributed by atoms with Crippen molar-refractivity contribution in [2.24, 2.45) is 5.92 Å². The average Bonchev–Trinajstić information content (AvgIpc) is 3.44. The Morgan fingerprint density at radius 1 is 0.935 bits per heavy atom. The number of nitrogens with one attached hydrogen (secondary N) is 1. The van der Waals surface area contributed by atoms with Crippen LogP contribution in [0.5, 0.6) is 0 Å². The summed E-state index contributed by atoms with van der Waals surface area (Å²) in [6.07, 6.45) is 4.21. The summed E-state index contributed by atoms with van der Waals surface area (Å²) >= 11 is 1.34. The lowest BCUT2D eigenvalue weighted by atomic mass is 9.94. The summed E-state index contributed by atoms with van der Waals surface area (Å²) in [5, 5.41) is 3.48. The number of carbonyl (C=O) groups is 1. The van der Waals surface area contributed by atoms with E-state index in [-0.39, 0.29) is 17.5 Å². The van der Waals surface area contributed by atoms with E-state index in [1.165, 1.54) is 29.5 Å². The Labute approximate surface area is 182 Å². The van der Waals surface area contributed by atoms with Crippen molar-refractivity contribution < 1.29 is 13.6 Å². The Hall–Kier alpha value is -3.12. The van der Waals surface area contributed by atoms with Gasteiger partial charge in [0.05, 0.1) is 15.9 Å². The van der Waals surface area contributed by atoms with Crippen molar-refractivity contribution in [2.75, 3.05) is 5.32 Å². The lowest BCUT2D eigenvalue weighted by Gasteiger charge is -2.10. The van der Waals surface area contributed by atoms with Crippen LogP contribution >= 0.6 is 11.3 Å². The van der Waals surface area contributed by atoms with Crippen molar-refractivity contribution in [1.29, 1.82) is 0 Å². The molecule has 1 fully saturated rings. The van der Waals surface area contributed by atoms with Crippen molar-refractivity contribution in [2.45, 2.75) is 25.7 Å². The van der Waals surface area contributed by atoms with Gasteiger partial charge in [-0.25, -0.2) is 13.8 Å². The number of carbonyl (C=O) groups excluding carboxylic acids is 1. The van der Waals surface area contributed by atoms with Crippen LogP contribution in [0.1, 0.15) is 36.0 Å². The van der Waals surface area contributed by atoms with Crippen molar-refractivity contribution >= 4 is 38.2 Å². The van der Waals surface area contributed by atoms with E-state index in [0.717, 1.165) is 47.1 Å². The van der Waals surface area contributed by atoms with E-state index < -0.39 is 5.82 Å². The van der Waals surface area contributed by atoms with Gasteiger partial charge in [0, 0.05) is 17.5 Å². The number of fused-ring (bicyclic) bond motifs is 1. The molecule has 3 aromatic carbocycles. The third-order valence-electron chi connectivity index (χ3n) is 5.79. The smallest absolute Gasteiger partial charge is 0.188 e. The van der Waals surface area contributed by atoms with Crippen LogP contribution in [0.15, 0.2) is 60.7 Å². The molecule has 1 heterocycles. The summed E-state index contributed by atoms with van der Waals surface area (Å²) in [6, 6.07) is 16.8. The molecule has 156 valence electrons. The first-order valence-electron chi connectivity index (χ1n) is 10.3. The van der Waals surface area contributed by atoms with Crippen molar-refractivity contribution in [3.63, 3.8) is 0 Å². The molecule has 3 nitrogen and oxygen atoms in total. The third-order valence-corrected chi connectivity index (χ3v) is 6.74. The second-order valence-electron chi connectivity index (χ2n) is 7.87. The number of hydrogen-bond acceptors (Lipinski definition) is 4. The number of aromatic nitrogens is 1. The molecule has 1 aliphatic carbocycles. The average molecular weight is 435 g/mol. The molecule has 0 saturated heterocycles. The third kappa shape index (κ3) is 4.08. The van der Waals surface area contributed by atoms with Crippen LogP contribution < -0.4 is 5.32 Å². The Bertz CT molecular complexity index is 1260. The van der Waals surface area contributed by atoms with Gasteiger partial charge >= 0.3 is 0 Å². The highest BCUT2D eigenvalue weighted by Crippen LogP contribution is 2.32. The number of Topliss-reactive ketones (excluding diaryl/α,β-unsaturated/α-hetero) is 1. The molecule has 1 saturated carbocycles. The minimum absolute atomic E-state index is 0.146. The predicted octanol–water partition coefficient (Wildman–Crippen LogP) is 7.36. The van der Waals surface area contributed by atoms with Crippen molar-refractivity contribution in [3.05, 3.63) is 77.9 Å². The molecule has 0 radical (unpaired) electrons. The molecule has 0 bridgehead atoms. The number of ketones is 1. The van der Waals surface area contributed by atoms with E-state index in [1.807, 2.05) is 30.3 Å². The predicted molar refractivity (Wildman–Crippen MR) is 121 cm³/mol.